The molecule has 0 rings (SSSR count). The summed E-state index contributed by atoms with van der Waals surface area (Å²) in [7, 11) is 0. The highest BCUT2D eigenvalue weighted by molar-refractivity contribution is 9.11. The lowest BCUT2D eigenvalue weighted by Gasteiger charge is -1.86. The molecule has 0 aromatic heterocycles. The molecule has 0 N–H and O–H groups in total. The first-order valence-electron chi connectivity index (χ1n) is 2.32. The van der Waals surface area contributed by atoms with E-state index < -0.39 is 0 Å². The molecule has 1 heteroatoms. The molecule has 0 aliphatic heterocycles. The van der Waals surface area contributed by atoms with Crippen LogP contribution in [0.5, 0.6) is 0 Å². The van der Waals surface area contributed by atoms with E-state index in [-0.39, 0.29) is 0 Å². The highest BCUT2D eigenvalue weighted by Gasteiger charge is 1.78. The molecule has 0 radical (unpaired) electrons. The SMILES string of the molecule is C=CC(C)=CC(=C)Br. The second-order valence-corrected chi connectivity index (χ2v) is 2.56. The Bertz CT molecular complexity index is 131. The number of hydrogen-bond donors (Lipinski definition) is 0. The van der Waals surface area contributed by atoms with E-state index >= 15 is 0 Å². The maximum Gasteiger partial charge on any atom is 0.0106 e. The van der Waals surface area contributed by atoms with Crippen molar-refractivity contribution in [2.45, 2.75) is 6.92 Å². The van der Waals surface area contributed by atoms with E-state index in [1.807, 2.05) is 13.0 Å². The molecule has 44 valence electrons. The number of rotatable bonds is 2. The average molecular weight is 173 g/mol. The van der Waals surface area contributed by atoms with Gasteiger partial charge in [-0.1, -0.05) is 40.7 Å². The molecule has 8 heavy (non-hydrogen) atoms. The van der Waals surface area contributed by atoms with Crippen molar-refractivity contribution >= 4 is 15.9 Å². The maximum atomic E-state index is 3.64. The monoisotopic (exact) mass is 172 g/mol. The molecular weight excluding hydrogens is 164 g/mol. The van der Waals surface area contributed by atoms with Crippen LogP contribution in [0.1, 0.15) is 6.92 Å². The predicted molar refractivity (Wildman–Crippen MR) is 42.0 cm³/mol. The highest BCUT2D eigenvalue weighted by atomic mass is 79.9. The molecule has 0 aliphatic carbocycles. The second kappa shape index (κ2) is 3.67. The fraction of sp³-hybridized carbons (Fsp3) is 0.143. The van der Waals surface area contributed by atoms with E-state index in [1.54, 1.807) is 6.08 Å². The highest BCUT2D eigenvalue weighted by Crippen LogP contribution is 2.06. The van der Waals surface area contributed by atoms with Crippen LogP contribution in [0.3, 0.4) is 0 Å². The van der Waals surface area contributed by atoms with Gasteiger partial charge in [-0.15, -0.1) is 0 Å². The van der Waals surface area contributed by atoms with Gasteiger partial charge >= 0.3 is 0 Å². The quantitative estimate of drug-likeness (QED) is 0.563. The molecule has 0 nitrogen and oxygen atoms in total. The third-order valence-electron chi connectivity index (χ3n) is 0.706. The first kappa shape index (κ1) is 7.70. The molecule has 0 amide bonds. The molecule has 0 aromatic carbocycles. The minimum Gasteiger partial charge on any atom is -0.0988 e. The van der Waals surface area contributed by atoms with Crippen molar-refractivity contribution in [1.82, 2.24) is 0 Å². The van der Waals surface area contributed by atoms with Gasteiger partial charge in [0.1, 0.15) is 0 Å². The Kier molecular flexibility index (Phi) is 3.53. The van der Waals surface area contributed by atoms with E-state index in [0.717, 1.165) is 10.1 Å². The number of allylic oxidation sites excluding steroid dienone is 4. The van der Waals surface area contributed by atoms with E-state index in [9.17, 15) is 0 Å². The van der Waals surface area contributed by atoms with Crippen molar-refractivity contribution in [2.75, 3.05) is 0 Å². The standard InChI is InChI=1S/C7H9Br/c1-4-6(2)5-7(3)8/h4-5H,1,3H2,2H3. The van der Waals surface area contributed by atoms with Gasteiger partial charge in [-0.25, -0.2) is 0 Å². The van der Waals surface area contributed by atoms with Crippen LogP contribution in [0, 0.1) is 0 Å². The Balaban J connectivity index is 3.94. The predicted octanol–water partition coefficient (Wildman–Crippen LogP) is 3.03. The van der Waals surface area contributed by atoms with Gasteiger partial charge in [-0.05, 0) is 13.0 Å². The third kappa shape index (κ3) is 3.88. The van der Waals surface area contributed by atoms with Crippen LogP contribution in [-0.2, 0) is 0 Å². The molecule has 0 aromatic rings. The first-order valence-corrected chi connectivity index (χ1v) is 3.11. The van der Waals surface area contributed by atoms with Crippen molar-refractivity contribution in [3.8, 4) is 0 Å². The Morgan fingerprint density at radius 3 is 2.25 bits per heavy atom. The fourth-order valence-corrected chi connectivity index (χ4v) is 0.667. The lowest BCUT2D eigenvalue weighted by atomic mass is 10.3. The van der Waals surface area contributed by atoms with Gasteiger partial charge in [0.25, 0.3) is 0 Å². The molecule has 0 spiro atoms. The smallest absolute Gasteiger partial charge is 0.0106 e. The zero-order chi connectivity index (χ0) is 6.57. The van der Waals surface area contributed by atoms with Gasteiger partial charge < -0.3 is 0 Å². The summed E-state index contributed by atoms with van der Waals surface area (Å²) in [4.78, 5) is 0. The van der Waals surface area contributed by atoms with Crippen molar-refractivity contribution in [3.63, 3.8) is 0 Å². The van der Waals surface area contributed by atoms with Crippen molar-refractivity contribution in [3.05, 3.63) is 35.4 Å². The largest absolute Gasteiger partial charge is 0.0988 e. The Hall–Kier alpha value is -0.300. The van der Waals surface area contributed by atoms with Gasteiger partial charge in [-0.2, -0.15) is 0 Å². The van der Waals surface area contributed by atoms with E-state index in [0.29, 0.717) is 0 Å². The summed E-state index contributed by atoms with van der Waals surface area (Å²) in [5.41, 5.74) is 1.12. The molecule has 0 fully saturated rings. The Morgan fingerprint density at radius 1 is 1.62 bits per heavy atom. The van der Waals surface area contributed by atoms with Gasteiger partial charge in [0, 0.05) is 4.48 Å². The zero-order valence-electron chi connectivity index (χ0n) is 4.95. The van der Waals surface area contributed by atoms with Crippen LogP contribution in [0.15, 0.2) is 35.4 Å². The lowest BCUT2D eigenvalue weighted by Crippen LogP contribution is -1.63. The van der Waals surface area contributed by atoms with Crippen LogP contribution >= 0.6 is 15.9 Å². The van der Waals surface area contributed by atoms with Crippen molar-refractivity contribution < 1.29 is 0 Å². The molecule has 0 heterocycles. The second-order valence-electron chi connectivity index (χ2n) is 1.54. The third-order valence-corrected chi connectivity index (χ3v) is 0.935. The first-order chi connectivity index (χ1) is 3.66. The Labute approximate surface area is 58.7 Å². The Morgan fingerprint density at radius 2 is 2.12 bits per heavy atom. The average Bonchev–Trinajstić information content (AvgIpc) is 1.65. The van der Waals surface area contributed by atoms with Gasteiger partial charge in [-0.3, -0.25) is 0 Å². The minimum absolute atomic E-state index is 0.884. The van der Waals surface area contributed by atoms with E-state index in [2.05, 4.69) is 29.1 Å². The van der Waals surface area contributed by atoms with Crippen LogP contribution in [0.4, 0.5) is 0 Å². The number of hydrogen-bond acceptors (Lipinski definition) is 0. The van der Waals surface area contributed by atoms with Crippen LogP contribution < -0.4 is 0 Å². The lowest BCUT2D eigenvalue weighted by molar-refractivity contribution is 1.53. The summed E-state index contributed by atoms with van der Waals surface area (Å²) < 4.78 is 0.884. The van der Waals surface area contributed by atoms with Crippen molar-refractivity contribution in [2.24, 2.45) is 0 Å². The normalized spacial score (nSPS) is 11.0. The van der Waals surface area contributed by atoms with Crippen molar-refractivity contribution in [1.29, 1.82) is 0 Å². The van der Waals surface area contributed by atoms with Gasteiger partial charge in [0.2, 0.25) is 0 Å². The summed E-state index contributed by atoms with van der Waals surface area (Å²) in [6, 6.07) is 0. The fourth-order valence-electron chi connectivity index (χ4n) is 0.306. The van der Waals surface area contributed by atoms with Crippen LogP contribution in [-0.4, -0.2) is 0 Å². The van der Waals surface area contributed by atoms with Gasteiger partial charge in [0.15, 0.2) is 0 Å². The summed E-state index contributed by atoms with van der Waals surface area (Å²) in [6.45, 7) is 9.19. The van der Waals surface area contributed by atoms with E-state index in [4.69, 9.17) is 0 Å². The van der Waals surface area contributed by atoms with Crippen LogP contribution in [0.2, 0.25) is 0 Å². The molecular formula is C7H9Br. The number of halogens is 1. The minimum atomic E-state index is 0.884. The van der Waals surface area contributed by atoms with E-state index in [1.165, 1.54) is 0 Å². The van der Waals surface area contributed by atoms with Gasteiger partial charge in [0.05, 0.1) is 0 Å². The summed E-state index contributed by atoms with van der Waals surface area (Å²) in [5.74, 6) is 0. The summed E-state index contributed by atoms with van der Waals surface area (Å²) >= 11 is 3.20. The maximum absolute atomic E-state index is 3.64. The molecule has 0 unspecified atom stereocenters. The molecule has 0 aliphatic rings. The molecule has 0 saturated carbocycles. The summed E-state index contributed by atoms with van der Waals surface area (Å²) in [5, 5.41) is 0. The molecule has 0 bridgehead atoms. The summed E-state index contributed by atoms with van der Waals surface area (Å²) in [6.07, 6.45) is 3.69. The topological polar surface area (TPSA) is 0 Å². The molecule has 0 saturated heterocycles. The van der Waals surface area contributed by atoms with Crippen LogP contribution in [0.25, 0.3) is 0 Å². The molecule has 0 atom stereocenters. The zero-order valence-corrected chi connectivity index (χ0v) is 6.53.